The van der Waals surface area contributed by atoms with E-state index in [9.17, 15) is 40.4 Å². The largest absolute Gasteiger partial charge is 0.489 e. The van der Waals surface area contributed by atoms with Gasteiger partial charge in [0.2, 0.25) is 0 Å². The van der Waals surface area contributed by atoms with Crippen LogP contribution in [0, 0.1) is 11.3 Å². The van der Waals surface area contributed by atoms with E-state index in [4.69, 9.17) is 16.3 Å². The summed E-state index contributed by atoms with van der Waals surface area (Å²) in [5, 5.41) is 12.1. The van der Waals surface area contributed by atoms with Gasteiger partial charge in [0.05, 0.1) is 64.5 Å². The summed E-state index contributed by atoms with van der Waals surface area (Å²) in [6, 6.07) is 15.1. The zero-order valence-electron chi connectivity index (χ0n) is 24.3. The number of alkyl halides is 5. The molecule has 46 heavy (non-hydrogen) atoms. The van der Waals surface area contributed by atoms with Crippen molar-refractivity contribution in [1.29, 1.82) is 5.26 Å². The van der Waals surface area contributed by atoms with Crippen molar-refractivity contribution in [1.82, 2.24) is 5.32 Å². The molecule has 1 amide bonds. The second-order valence-electron chi connectivity index (χ2n) is 10.4. The van der Waals surface area contributed by atoms with E-state index in [1.54, 1.807) is 11.0 Å². The molecule has 0 bridgehead atoms. The molecule has 3 atom stereocenters. The third kappa shape index (κ3) is 8.65. The first-order chi connectivity index (χ1) is 21.7. The molecule has 1 N–H and O–H groups in total. The number of halogens is 6. The fourth-order valence-corrected chi connectivity index (χ4v) is 6.20. The Bertz CT molecular complexity index is 1670. The van der Waals surface area contributed by atoms with Crippen LogP contribution in [0.4, 0.5) is 27.6 Å². The van der Waals surface area contributed by atoms with E-state index >= 15 is 0 Å². The first-order valence-corrected chi connectivity index (χ1v) is 16.0. The lowest BCUT2D eigenvalue weighted by Gasteiger charge is -2.27. The zero-order chi connectivity index (χ0) is 33.6. The molecule has 15 heteroatoms. The number of nitrogens with one attached hydrogen (secondary N) is 1. The van der Waals surface area contributed by atoms with Gasteiger partial charge in [-0.25, -0.2) is 8.42 Å². The van der Waals surface area contributed by atoms with Crippen molar-refractivity contribution in [3.63, 3.8) is 0 Å². The lowest BCUT2D eigenvalue weighted by Crippen LogP contribution is -2.34. The number of nitrogens with zero attached hydrogens (tertiary/aromatic N) is 2. The van der Waals surface area contributed by atoms with E-state index < -0.39 is 52.3 Å². The second kappa shape index (κ2) is 14.7. The minimum Gasteiger partial charge on any atom is -0.489 e. The lowest BCUT2D eigenvalue weighted by atomic mass is 10.0. The van der Waals surface area contributed by atoms with Gasteiger partial charge in [-0.2, -0.15) is 27.2 Å². The highest BCUT2D eigenvalue weighted by Gasteiger charge is 2.35. The van der Waals surface area contributed by atoms with E-state index in [2.05, 4.69) is 10.1 Å². The number of hydrogen-bond acceptors (Lipinski definition) is 7. The number of benzene rings is 3. The predicted molar refractivity (Wildman–Crippen MR) is 160 cm³/mol. The molecule has 0 radical (unpaired) electrons. The first kappa shape index (κ1) is 34.9. The Morgan fingerprint density at radius 2 is 1.78 bits per heavy atom. The Hall–Kier alpha value is -3.93. The maximum absolute atomic E-state index is 13.2. The highest BCUT2D eigenvalue weighted by molar-refractivity contribution is 7.91. The monoisotopic (exact) mass is 685 g/mol. The Labute approximate surface area is 267 Å². The molecule has 0 saturated carbocycles. The summed E-state index contributed by atoms with van der Waals surface area (Å²) in [6.45, 7) is -1.72. The van der Waals surface area contributed by atoms with E-state index in [0.717, 1.165) is 12.1 Å². The highest BCUT2D eigenvalue weighted by atomic mass is 35.5. The minimum absolute atomic E-state index is 0.0238. The van der Waals surface area contributed by atoms with Gasteiger partial charge in [-0.15, -0.1) is 0 Å². The summed E-state index contributed by atoms with van der Waals surface area (Å²) in [4.78, 5) is 15.0. The van der Waals surface area contributed by atoms with Crippen molar-refractivity contribution in [3.8, 4) is 11.8 Å². The Morgan fingerprint density at radius 3 is 2.35 bits per heavy atom. The van der Waals surface area contributed by atoms with Gasteiger partial charge in [0.25, 0.3) is 5.91 Å². The molecule has 8 nitrogen and oxygen atoms in total. The maximum Gasteiger partial charge on any atom is 0.416 e. The van der Waals surface area contributed by atoms with Gasteiger partial charge < -0.3 is 19.7 Å². The van der Waals surface area contributed by atoms with Crippen LogP contribution in [-0.2, 0) is 20.8 Å². The molecule has 0 unspecified atom stereocenters. The number of hydrogen-bond donors (Lipinski definition) is 1. The van der Waals surface area contributed by atoms with Gasteiger partial charge in [-0.1, -0.05) is 30.7 Å². The molecule has 3 aromatic rings. The van der Waals surface area contributed by atoms with Crippen molar-refractivity contribution in [2.45, 2.75) is 55.6 Å². The summed E-state index contributed by atoms with van der Waals surface area (Å²) in [6.07, 6.45) is -5.00. The van der Waals surface area contributed by atoms with Crippen molar-refractivity contribution in [2.75, 3.05) is 23.8 Å². The molecule has 1 aliphatic rings. The van der Waals surface area contributed by atoms with Crippen molar-refractivity contribution in [3.05, 3.63) is 88.4 Å². The number of nitriles is 1. The van der Waals surface area contributed by atoms with Crippen LogP contribution < -0.4 is 15.0 Å². The van der Waals surface area contributed by atoms with Gasteiger partial charge in [-0.05, 0) is 60.2 Å². The maximum atomic E-state index is 13.2. The van der Waals surface area contributed by atoms with Crippen LogP contribution in [-0.4, -0.2) is 52.0 Å². The fourth-order valence-electron chi connectivity index (χ4n) is 5.05. The Balaban J connectivity index is 1.50. The summed E-state index contributed by atoms with van der Waals surface area (Å²) in [7, 11) is -3.44. The number of rotatable bonds is 12. The third-order valence-electron chi connectivity index (χ3n) is 7.43. The predicted octanol–water partition coefficient (Wildman–Crippen LogP) is 6.80. The second-order valence-corrected chi connectivity index (χ2v) is 13.1. The SMILES string of the molecule is CCS(=O)(=O)c1ccc([C@H](CC#N)NC(=O)c2ccc(N3C[C@@H](Oc4ccc(C(F)(F)F)cc4)C[C@H]3COC(F)F)cc2Cl)cc1. The van der Waals surface area contributed by atoms with E-state index in [0.29, 0.717) is 11.3 Å². The van der Waals surface area contributed by atoms with Gasteiger partial charge in [0.15, 0.2) is 9.84 Å². The van der Waals surface area contributed by atoms with Gasteiger partial charge in [-0.3, -0.25) is 4.79 Å². The van der Waals surface area contributed by atoms with Crippen molar-refractivity contribution < 1.29 is 44.6 Å². The van der Waals surface area contributed by atoms with Crippen LogP contribution in [0.3, 0.4) is 0 Å². The lowest BCUT2D eigenvalue weighted by molar-refractivity contribution is -0.137. The van der Waals surface area contributed by atoms with Crippen LogP contribution in [0.5, 0.6) is 5.75 Å². The smallest absolute Gasteiger partial charge is 0.416 e. The molecule has 4 rings (SSSR count). The van der Waals surface area contributed by atoms with Crippen LogP contribution in [0.25, 0.3) is 0 Å². The average molecular weight is 686 g/mol. The molecule has 1 aliphatic heterocycles. The molecule has 0 spiro atoms. The molecule has 0 aromatic heterocycles. The summed E-state index contributed by atoms with van der Waals surface area (Å²) >= 11 is 6.50. The molecule has 1 saturated heterocycles. The number of sulfone groups is 1. The number of carbonyl (C=O) groups excluding carboxylic acids is 1. The Kier molecular flexibility index (Phi) is 11.1. The van der Waals surface area contributed by atoms with Crippen LogP contribution in [0.2, 0.25) is 5.02 Å². The number of anilines is 1. The van der Waals surface area contributed by atoms with Gasteiger partial charge in [0, 0.05) is 12.1 Å². The van der Waals surface area contributed by atoms with E-state index in [-0.39, 0.29) is 53.0 Å². The van der Waals surface area contributed by atoms with Crippen LogP contribution in [0.15, 0.2) is 71.6 Å². The number of carbonyl (C=O) groups is 1. The molecule has 1 fully saturated rings. The van der Waals surface area contributed by atoms with E-state index in [1.165, 1.54) is 55.5 Å². The molecule has 3 aromatic carbocycles. The summed E-state index contributed by atoms with van der Waals surface area (Å²) in [5.41, 5.74) is 0.199. The number of ether oxygens (including phenoxy) is 2. The molecule has 0 aliphatic carbocycles. The topological polar surface area (TPSA) is 109 Å². The summed E-state index contributed by atoms with van der Waals surface area (Å²) < 4.78 is 99.2. The van der Waals surface area contributed by atoms with E-state index in [1.807, 2.05) is 6.07 Å². The van der Waals surface area contributed by atoms with Crippen LogP contribution >= 0.6 is 11.6 Å². The highest BCUT2D eigenvalue weighted by Crippen LogP contribution is 2.34. The van der Waals surface area contributed by atoms with Gasteiger partial charge >= 0.3 is 12.8 Å². The van der Waals surface area contributed by atoms with Crippen molar-refractivity contribution in [2.24, 2.45) is 0 Å². The standard InChI is InChI=1S/C31H29ClF5N3O5S/c1-2-46(42,43)25-10-3-19(4-11-25)28(13-14-38)39-29(41)26-12-7-21(16-27(26)32)40-17-24(15-22(40)18-44-30(33)34)45-23-8-5-20(6-9-23)31(35,36)37/h3-12,16,22,24,28,30H,2,13,15,17-18H2,1H3,(H,39,41)/t22-,24-,28-/m0/s1. The summed E-state index contributed by atoms with van der Waals surface area (Å²) in [5.74, 6) is -0.514. The Morgan fingerprint density at radius 1 is 1.11 bits per heavy atom. The fraction of sp³-hybridized carbons (Fsp3) is 0.355. The molecule has 246 valence electrons. The first-order valence-electron chi connectivity index (χ1n) is 14.0. The zero-order valence-corrected chi connectivity index (χ0v) is 25.9. The normalized spacial score (nSPS) is 17.5. The number of amides is 1. The third-order valence-corrected chi connectivity index (χ3v) is 9.49. The molecular weight excluding hydrogens is 657 g/mol. The average Bonchev–Trinajstić information content (AvgIpc) is 3.42. The molecule has 1 heterocycles. The molecular formula is C31H29ClF5N3O5S. The van der Waals surface area contributed by atoms with Crippen LogP contribution in [0.1, 0.15) is 47.3 Å². The minimum atomic E-state index is -4.51. The quantitative estimate of drug-likeness (QED) is 0.209. The van der Waals surface area contributed by atoms with Crippen molar-refractivity contribution >= 4 is 33.0 Å². The van der Waals surface area contributed by atoms with Gasteiger partial charge in [0.1, 0.15) is 11.9 Å².